The highest BCUT2D eigenvalue weighted by Gasteiger charge is 2.19. The molecule has 0 saturated carbocycles. The summed E-state index contributed by atoms with van der Waals surface area (Å²) in [7, 11) is 9.19. The van der Waals surface area contributed by atoms with Crippen molar-refractivity contribution in [2.24, 2.45) is 5.16 Å². The van der Waals surface area contributed by atoms with Crippen LogP contribution in [0, 0.1) is 0 Å². The lowest BCUT2D eigenvalue weighted by Gasteiger charge is -2.20. The van der Waals surface area contributed by atoms with Gasteiger partial charge in [-0.05, 0) is 179 Å². The largest absolute Gasteiger partial charge is 0.494 e. The van der Waals surface area contributed by atoms with Gasteiger partial charge in [0.05, 0.1) is 38.2 Å². The van der Waals surface area contributed by atoms with Gasteiger partial charge in [-0.2, -0.15) is 0 Å². The molecule has 0 aliphatic heterocycles. The molecule has 0 radical (unpaired) electrons. The van der Waals surface area contributed by atoms with Crippen LogP contribution < -0.4 is 25.4 Å². The van der Waals surface area contributed by atoms with E-state index in [4.69, 9.17) is 9.47 Å². The first kappa shape index (κ1) is 42.4. The van der Waals surface area contributed by atoms with Crippen LogP contribution in [0.3, 0.4) is 0 Å². The van der Waals surface area contributed by atoms with Gasteiger partial charge in [-0.3, -0.25) is 9.59 Å². The molecule has 268 valence electrons. The molecule has 0 saturated heterocycles. The van der Waals surface area contributed by atoms with Crippen molar-refractivity contribution in [2.75, 3.05) is 74.6 Å². The Bertz CT molecular complexity index is 1320. The number of hydrogen-bond donors (Lipinski definition) is 4. The molecule has 0 aromatic heterocycles. The second-order valence-electron chi connectivity index (χ2n) is 11.5. The fourth-order valence-corrected chi connectivity index (χ4v) is 8.28. The Morgan fingerprint density at radius 2 is 1.21 bits per heavy atom. The summed E-state index contributed by atoms with van der Waals surface area (Å²) in [6, 6.07) is 7.29. The summed E-state index contributed by atoms with van der Waals surface area (Å²) in [5.41, 5.74) is 1.87. The van der Waals surface area contributed by atoms with E-state index in [1.165, 1.54) is 0 Å². The first-order chi connectivity index (χ1) is 22.9. The van der Waals surface area contributed by atoms with Gasteiger partial charge in [0, 0.05) is 19.5 Å². The number of carbonyl (C=O) groups is 2. The molecular formula is C33H48Br4N6O5. The molecule has 2 amide bonds. The summed E-state index contributed by atoms with van der Waals surface area (Å²) in [6.45, 7) is 4.83. The molecule has 2 aromatic rings. The minimum Gasteiger partial charge on any atom is -0.494 e. The number of likely N-dealkylation sites (N-methyl/N-ethyl adjacent to an activating group) is 1. The highest BCUT2D eigenvalue weighted by molar-refractivity contribution is 9.11. The molecule has 0 aliphatic carbocycles. The van der Waals surface area contributed by atoms with Crippen LogP contribution >= 0.6 is 63.7 Å². The summed E-state index contributed by atoms with van der Waals surface area (Å²) >= 11 is 14.0. The van der Waals surface area contributed by atoms with Crippen molar-refractivity contribution < 1.29 is 24.3 Å². The molecule has 0 heterocycles. The van der Waals surface area contributed by atoms with E-state index in [0.29, 0.717) is 25.3 Å². The maximum atomic E-state index is 12.8. The van der Waals surface area contributed by atoms with Gasteiger partial charge in [0.25, 0.3) is 5.91 Å². The molecule has 1 atom stereocenters. The van der Waals surface area contributed by atoms with Gasteiger partial charge in [-0.25, -0.2) is 0 Å². The second kappa shape index (κ2) is 22.9. The average molecular weight is 928 g/mol. The lowest BCUT2D eigenvalue weighted by molar-refractivity contribution is -0.123. The Hall–Kier alpha value is -1.75. The van der Waals surface area contributed by atoms with Crippen LogP contribution in [0.1, 0.15) is 36.8 Å². The Labute approximate surface area is 318 Å². The molecule has 0 spiro atoms. The minimum atomic E-state index is -0.386. The normalized spacial score (nSPS) is 12.4. The van der Waals surface area contributed by atoms with Gasteiger partial charge in [0.15, 0.2) is 0 Å². The molecular weight excluding hydrogens is 880 g/mol. The number of oxime groups is 1. The van der Waals surface area contributed by atoms with Crippen molar-refractivity contribution in [3.63, 3.8) is 0 Å². The molecule has 4 N–H and O–H groups in total. The third kappa shape index (κ3) is 14.6. The van der Waals surface area contributed by atoms with Gasteiger partial charge < -0.3 is 40.4 Å². The highest BCUT2D eigenvalue weighted by Crippen LogP contribution is 2.35. The number of nitrogens with one attached hydrogen (secondary N) is 3. The van der Waals surface area contributed by atoms with E-state index in [9.17, 15) is 14.8 Å². The number of benzene rings is 2. The zero-order chi connectivity index (χ0) is 35.6. The topological polar surface area (TPSA) is 128 Å². The van der Waals surface area contributed by atoms with Crippen molar-refractivity contribution in [2.45, 2.75) is 44.6 Å². The molecule has 48 heavy (non-hydrogen) atoms. The second-order valence-corrected chi connectivity index (χ2v) is 14.9. The molecule has 0 bridgehead atoms. The quantitative estimate of drug-likeness (QED) is 0.0520. The number of halogens is 4. The summed E-state index contributed by atoms with van der Waals surface area (Å²) in [4.78, 5) is 29.9. The van der Waals surface area contributed by atoms with E-state index >= 15 is 0 Å². The summed E-state index contributed by atoms with van der Waals surface area (Å²) < 4.78 is 13.9. The summed E-state index contributed by atoms with van der Waals surface area (Å²) in [6.07, 6.45) is 4.56. The first-order valence-corrected chi connectivity index (χ1v) is 19.0. The zero-order valence-electron chi connectivity index (χ0n) is 28.3. The van der Waals surface area contributed by atoms with Crippen LogP contribution in [0.25, 0.3) is 0 Å². The number of unbranched alkanes of at least 4 members (excludes halogenated alkanes) is 1. The average Bonchev–Trinajstić information content (AvgIpc) is 3.04. The zero-order valence-corrected chi connectivity index (χ0v) is 34.6. The molecule has 11 nitrogen and oxygen atoms in total. The number of rotatable bonds is 22. The fraction of sp³-hybridized carbons (Fsp3) is 0.545. The molecule has 0 fully saturated rings. The molecule has 2 rings (SSSR count). The fourth-order valence-electron chi connectivity index (χ4n) is 5.07. The maximum Gasteiger partial charge on any atom is 0.269 e. The lowest BCUT2D eigenvalue weighted by atomic mass is 10.1. The van der Waals surface area contributed by atoms with Crippen LogP contribution in [-0.4, -0.2) is 113 Å². The monoisotopic (exact) mass is 924 g/mol. The van der Waals surface area contributed by atoms with Crippen molar-refractivity contribution >= 4 is 81.2 Å². The van der Waals surface area contributed by atoms with Crippen LogP contribution in [0.15, 0.2) is 47.3 Å². The van der Waals surface area contributed by atoms with Crippen molar-refractivity contribution in [3.05, 3.63) is 53.3 Å². The SMILES string of the molecule is CNC(Cc1cc(Br)c(OC)c(Br)c1)C(=O)NCCCN(C)CCCCN(C)CCCNC(=O)C(Cc1cc(Br)c(OC)c(Br)c1)=NO. The van der Waals surface area contributed by atoms with E-state index in [1.54, 1.807) is 21.3 Å². The van der Waals surface area contributed by atoms with Crippen LogP contribution in [-0.2, 0) is 22.4 Å². The Morgan fingerprint density at radius 3 is 1.65 bits per heavy atom. The van der Waals surface area contributed by atoms with Gasteiger partial charge in [-0.15, -0.1) is 0 Å². The van der Waals surface area contributed by atoms with Gasteiger partial charge >= 0.3 is 0 Å². The van der Waals surface area contributed by atoms with Crippen molar-refractivity contribution in [3.8, 4) is 11.5 Å². The predicted octanol–water partition coefficient (Wildman–Crippen LogP) is 5.61. The van der Waals surface area contributed by atoms with E-state index in [2.05, 4.69) is 109 Å². The smallest absolute Gasteiger partial charge is 0.269 e. The van der Waals surface area contributed by atoms with Gasteiger partial charge in [0.2, 0.25) is 5.91 Å². The lowest BCUT2D eigenvalue weighted by Crippen LogP contribution is -2.44. The number of amides is 2. The van der Waals surface area contributed by atoms with E-state index in [0.717, 1.165) is 86.6 Å². The number of nitrogens with zero attached hydrogens (tertiary/aromatic N) is 3. The van der Waals surface area contributed by atoms with Gasteiger partial charge in [-0.1, -0.05) is 5.16 Å². The number of ether oxygens (including phenoxy) is 2. The van der Waals surface area contributed by atoms with Crippen LogP contribution in [0.4, 0.5) is 0 Å². The van der Waals surface area contributed by atoms with Crippen molar-refractivity contribution in [1.29, 1.82) is 0 Å². The standard InChI is InChI=1S/C33H48Br4N6O5/c1-38-28(20-22-16-24(34)30(47-4)25(35)17-22)32(44)39-10-8-14-42(2)12-6-7-13-43(3)15-9-11-40-33(45)29(41-46)21-23-18-26(36)31(48-5)27(37)19-23/h16-19,28,38,46H,6-15,20-21H2,1-5H3,(H,39,44)(H,40,45). The summed E-state index contributed by atoms with van der Waals surface area (Å²) in [5.74, 6) is 0.989. The van der Waals surface area contributed by atoms with E-state index < -0.39 is 0 Å². The Kier molecular flexibility index (Phi) is 20.2. The molecule has 0 aliphatic rings. The Balaban J connectivity index is 1.57. The summed E-state index contributed by atoms with van der Waals surface area (Å²) in [5, 5.41) is 21.7. The number of carbonyl (C=O) groups excluding carboxylic acids is 2. The molecule has 15 heteroatoms. The Morgan fingerprint density at radius 1 is 0.771 bits per heavy atom. The van der Waals surface area contributed by atoms with Crippen LogP contribution in [0.5, 0.6) is 11.5 Å². The predicted molar refractivity (Wildman–Crippen MR) is 206 cm³/mol. The van der Waals surface area contributed by atoms with Gasteiger partial charge in [0.1, 0.15) is 17.2 Å². The third-order valence-electron chi connectivity index (χ3n) is 7.73. The van der Waals surface area contributed by atoms with Crippen molar-refractivity contribution in [1.82, 2.24) is 25.8 Å². The molecule has 2 aromatic carbocycles. The highest BCUT2D eigenvalue weighted by atomic mass is 79.9. The molecule has 1 unspecified atom stereocenters. The van der Waals surface area contributed by atoms with Crippen LogP contribution in [0.2, 0.25) is 0 Å². The first-order valence-electron chi connectivity index (χ1n) is 15.8. The third-order valence-corrected chi connectivity index (χ3v) is 10.1. The number of methoxy groups -OCH3 is 2. The van der Waals surface area contributed by atoms with E-state index in [1.807, 2.05) is 24.3 Å². The van der Waals surface area contributed by atoms with E-state index in [-0.39, 0.29) is 30.0 Å². The number of hydrogen-bond acceptors (Lipinski definition) is 9. The minimum absolute atomic E-state index is 0.0110. The maximum absolute atomic E-state index is 12.8.